The van der Waals surface area contributed by atoms with E-state index >= 15 is 0 Å². The zero-order chi connectivity index (χ0) is 30.5. The summed E-state index contributed by atoms with van der Waals surface area (Å²) >= 11 is 0. The molecule has 2 aromatic carbocycles. The summed E-state index contributed by atoms with van der Waals surface area (Å²) in [6, 6.07) is 25.9. The SMILES string of the molecule is COC[C@H]1O[C@@H](n2cnc3c(NCC(c4ccccc4)c4ccccc4)nc(CNc4ccc(C#N)cn4)nc32)[C@H](O)[C@@H]1O. The summed E-state index contributed by atoms with van der Waals surface area (Å²) in [5.74, 6) is 1.53. The number of nitriles is 1. The summed E-state index contributed by atoms with van der Waals surface area (Å²) in [5, 5.41) is 37.2. The highest BCUT2D eigenvalue weighted by atomic mass is 16.6. The predicted molar refractivity (Wildman–Crippen MR) is 163 cm³/mol. The Kier molecular flexibility index (Phi) is 8.71. The number of hydrogen-bond acceptors (Lipinski definition) is 11. The van der Waals surface area contributed by atoms with E-state index in [2.05, 4.69) is 50.9 Å². The minimum Gasteiger partial charge on any atom is -0.387 e. The first-order valence-corrected chi connectivity index (χ1v) is 14.2. The van der Waals surface area contributed by atoms with Crippen molar-refractivity contribution in [1.82, 2.24) is 24.5 Å². The zero-order valence-corrected chi connectivity index (χ0v) is 24.0. The van der Waals surface area contributed by atoms with Gasteiger partial charge in [-0.25, -0.2) is 19.9 Å². The maximum atomic E-state index is 10.9. The van der Waals surface area contributed by atoms with Crippen molar-refractivity contribution in [2.24, 2.45) is 0 Å². The lowest BCUT2D eigenvalue weighted by molar-refractivity contribution is -0.0580. The fourth-order valence-corrected chi connectivity index (χ4v) is 5.34. The van der Waals surface area contributed by atoms with Crippen molar-refractivity contribution < 1.29 is 19.7 Å². The van der Waals surface area contributed by atoms with Crippen LogP contribution >= 0.6 is 0 Å². The molecule has 0 radical (unpaired) electrons. The number of aliphatic hydroxyl groups excluding tert-OH is 2. The lowest BCUT2D eigenvalue weighted by Gasteiger charge is -2.20. The molecule has 0 spiro atoms. The van der Waals surface area contributed by atoms with E-state index in [1.807, 2.05) is 36.4 Å². The van der Waals surface area contributed by atoms with Crippen molar-refractivity contribution >= 4 is 22.8 Å². The van der Waals surface area contributed by atoms with E-state index in [0.717, 1.165) is 11.1 Å². The van der Waals surface area contributed by atoms with Crippen LogP contribution in [-0.2, 0) is 16.0 Å². The Morgan fingerprint density at radius 2 is 1.68 bits per heavy atom. The topological polar surface area (TPSA) is 163 Å². The van der Waals surface area contributed by atoms with Gasteiger partial charge in [-0.1, -0.05) is 60.7 Å². The molecule has 0 amide bonds. The van der Waals surface area contributed by atoms with Crippen LogP contribution in [0.3, 0.4) is 0 Å². The second-order valence-corrected chi connectivity index (χ2v) is 10.5. The first-order valence-electron chi connectivity index (χ1n) is 14.2. The molecule has 1 aliphatic rings. The van der Waals surface area contributed by atoms with Gasteiger partial charge in [0.25, 0.3) is 0 Å². The zero-order valence-electron chi connectivity index (χ0n) is 24.0. The van der Waals surface area contributed by atoms with Gasteiger partial charge in [0, 0.05) is 25.8 Å². The van der Waals surface area contributed by atoms with Gasteiger partial charge in [-0.2, -0.15) is 5.26 Å². The molecular formula is C32H32N8O4. The number of aliphatic hydroxyl groups is 2. The molecule has 1 fully saturated rings. The number of pyridine rings is 1. The number of anilines is 2. The largest absolute Gasteiger partial charge is 0.387 e. The van der Waals surface area contributed by atoms with Gasteiger partial charge in [0.1, 0.15) is 30.2 Å². The highest BCUT2D eigenvalue weighted by Crippen LogP contribution is 2.33. The number of nitrogens with zero attached hydrogens (tertiary/aromatic N) is 6. The average Bonchev–Trinajstić information content (AvgIpc) is 3.61. The van der Waals surface area contributed by atoms with Crippen molar-refractivity contribution in [3.8, 4) is 6.07 Å². The highest BCUT2D eigenvalue weighted by Gasteiger charge is 2.44. The smallest absolute Gasteiger partial charge is 0.168 e. The summed E-state index contributed by atoms with van der Waals surface area (Å²) in [6.07, 6.45) is -0.978. The predicted octanol–water partition coefficient (Wildman–Crippen LogP) is 3.21. The second kappa shape index (κ2) is 13.2. The Labute approximate surface area is 254 Å². The molecule has 0 bridgehead atoms. The minimum atomic E-state index is -1.22. The molecule has 4 N–H and O–H groups in total. The third kappa shape index (κ3) is 6.08. The number of imidazole rings is 1. The van der Waals surface area contributed by atoms with Crippen LogP contribution in [0.4, 0.5) is 11.6 Å². The maximum Gasteiger partial charge on any atom is 0.168 e. The molecule has 1 saturated heterocycles. The summed E-state index contributed by atoms with van der Waals surface area (Å²) in [4.78, 5) is 18.5. The Hall–Kier alpha value is -4.93. The molecule has 4 heterocycles. The monoisotopic (exact) mass is 592 g/mol. The van der Waals surface area contributed by atoms with Crippen molar-refractivity contribution in [3.63, 3.8) is 0 Å². The quantitative estimate of drug-likeness (QED) is 0.178. The lowest BCUT2D eigenvalue weighted by atomic mass is 9.91. The molecule has 3 aromatic heterocycles. The van der Waals surface area contributed by atoms with Crippen molar-refractivity contribution in [2.75, 3.05) is 30.9 Å². The van der Waals surface area contributed by atoms with E-state index in [1.54, 1.807) is 16.7 Å². The molecule has 12 heteroatoms. The van der Waals surface area contributed by atoms with E-state index in [4.69, 9.17) is 24.7 Å². The third-order valence-corrected chi connectivity index (χ3v) is 7.61. The number of rotatable bonds is 11. The van der Waals surface area contributed by atoms with Gasteiger partial charge in [-0.05, 0) is 23.3 Å². The van der Waals surface area contributed by atoms with Gasteiger partial charge in [-0.3, -0.25) is 4.57 Å². The van der Waals surface area contributed by atoms with Crippen LogP contribution in [0.5, 0.6) is 0 Å². The van der Waals surface area contributed by atoms with Crippen molar-refractivity contribution in [1.29, 1.82) is 5.26 Å². The van der Waals surface area contributed by atoms with Gasteiger partial charge in [-0.15, -0.1) is 0 Å². The Morgan fingerprint density at radius 1 is 0.955 bits per heavy atom. The van der Waals surface area contributed by atoms with Crippen LogP contribution in [-0.4, -0.2) is 73.3 Å². The number of hydrogen-bond donors (Lipinski definition) is 4. The number of aromatic nitrogens is 5. The molecule has 0 aliphatic carbocycles. The average molecular weight is 593 g/mol. The molecule has 6 rings (SSSR count). The Morgan fingerprint density at radius 3 is 2.32 bits per heavy atom. The van der Waals surface area contributed by atoms with E-state index in [0.29, 0.717) is 40.7 Å². The standard InChI is InChI=1S/C32H32N8O4/c1-43-18-24-28(41)29(42)32(44-24)40-19-37-27-30(36-16-23(21-8-4-2-5-9-21)22-10-6-3-7-11-22)38-26(39-31(27)40)17-35-25-13-12-20(14-33)15-34-25/h2-13,15,19,23-24,28-29,32,41-42H,16-18H2,1H3,(H,34,35)(H,36,38,39)/t24-,28-,29-,32-/m1/s1. The van der Waals surface area contributed by atoms with Crippen LogP contribution < -0.4 is 10.6 Å². The number of methoxy groups -OCH3 is 1. The van der Waals surface area contributed by atoms with Crippen LogP contribution in [0.1, 0.15) is 34.7 Å². The van der Waals surface area contributed by atoms with Crippen LogP contribution in [0.15, 0.2) is 85.3 Å². The molecule has 44 heavy (non-hydrogen) atoms. The number of benzene rings is 2. The van der Waals surface area contributed by atoms with Gasteiger partial charge < -0.3 is 30.3 Å². The maximum absolute atomic E-state index is 10.9. The fraction of sp³-hybridized carbons (Fsp3) is 0.281. The lowest BCUT2D eigenvalue weighted by Crippen LogP contribution is -2.33. The second-order valence-electron chi connectivity index (χ2n) is 10.5. The van der Waals surface area contributed by atoms with E-state index in [9.17, 15) is 10.2 Å². The summed E-state index contributed by atoms with van der Waals surface area (Å²) in [7, 11) is 1.51. The Balaban J connectivity index is 1.34. The van der Waals surface area contributed by atoms with Crippen molar-refractivity contribution in [2.45, 2.75) is 37.0 Å². The number of nitrogens with one attached hydrogen (secondary N) is 2. The highest BCUT2D eigenvalue weighted by molar-refractivity contribution is 5.83. The third-order valence-electron chi connectivity index (χ3n) is 7.61. The molecule has 5 aromatic rings. The molecule has 0 unspecified atom stereocenters. The molecule has 1 aliphatic heterocycles. The molecule has 4 atom stereocenters. The molecule has 224 valence electrons. The molecular weight excluding hydrogens is 560 g/mol. The number of fused-ring (bicyclic) bond motifs is 1. The first-order chi connectivity index (χ1) is 21.6. The molecule has 12 nitrogen and oxygen atoms in total. The van der Waals surface area contributed by atoms with Crippen LogP contribution in [0.2, 0.25) is 0 Å². The van der Waals surface area contributed by atoms with Crippen LogP contribution in [0.25, 0.3) is 11.2 Å². The Bertz CT molecular complexity index is 1690. The van der Waals surface area contributed by atoms with Crippen molar-refractivity contribution in [3.05, 3.63) is 108 Å². The summed E-state index contributed by atoms with van der Waals surface area (Å²) in [5.41, 5.74) is 3.68. The van der Waals surface area contributed by atoms with E-state index in [-0.39, 0.29) is 19.1 Å². The minimum absolute atomic E-state index is 0.0267. The first kappa shape index (κ1) is 29.2. The van der Waals surface area contributed by atoms with E-state index < -0.39 is 24.5 Å². The van der Waals surface area contributed by atoms with Crippen LogP contribution in [0, 0.1) is 11.3 Å². The van der Waals surface area contributed by atoms with Gasteiger partial charge in [0.2, 0.25) is 0 Å². The normalized spacial score (nSPS) is 19.7. The summed E-state index contributed by atoms with van der Waals surface area (Å²) < 4.78 is 12.8. The molecule has 0 saturated carbocycles. The van der Waals surface area contributed by atoms with Gasteiger partial charge in [0.15, 0.2) is 29.0 Å². The number of ether oxygens (including phenoxy) is 2. The fourth-order valence-electron chi connectivity index (χ4n) is 5.34. The summed E-state index contributed by atoms with van der Waals surface area (Å²) in [6.45, 7) is 0.864. The van der Waals surface area contributed by atoms with E-state index in [1.165, 1.54) is 19.6 Å². The van der Waals surface area contributed by atoms with Gasteiger partial charge >= 0.3 is 0 Å². The van der Waals surface area contributed by atoms with Gasteiger partial charge in [0.05, 0.1) is 25.0 Å².